The molecule has 0 saturated heterocycles. The number of benzene rings is 2. The first-order valence-corrected chi connectivity index (χ1v) is 24.2. The van der Waals surface area contributed by atoms with E-state index in [2.05, 4.69) is 31.9 Å². The molecule has 2 aromatic carbocycles. The number of nitrogens with one attached hydrogen (secondary N) is 6. The summed E-state index contributed by atoms with van der Waals surface area (Å²) in [5, 5.41) is 33.6. The van der Waals surface area contributed by atoms with E-state index in [0.29, 0.717) is 10.6 Å². The summed E-state index contributed by atoms with van der Waals surface area (Å²) in [6, 6.07) is 5.62. The van der Waals surface area contributed by atoms with Crippen LogP contribution >= 0.6 is 0 Å². The van der Waals surface area contributed by atoms with Crippen LogP contribution in [0.15, 0.2) is 72.9 Å². The van der Waals surface area contributed by atoms with Gasteiger partial charge in [0.05, 0.1) is 18.9 Å². The van der Waals surface area contributed by atoms with E-state index in [1.807, 2.05) is 12.1 Å². The number of primary amides is 2. The van der Waals surface area contributed by atoms with Crippen LogP contribution in [0.5, 0.6) is 0 Å². The third kappa shape index (κ3) is 18.4. The summed E-state index contributed by atoms with van der Waals surface area (Å²) >= 11 is 0. The molecule has 0 bridgehead atoms. The van der Waals surface area contributed by atoms with Gasteiger partial charge < -0.3 is 63.0 Å². The average Bonchev–Trinajstić information content (AvgIpc) is 3.93. The van der Waals surface area contributed by atoms with Crippen LogP contribution < -0.4 is 43.4 Å². The molecule has 1 aliphatic rings. The lowest BCUT2D eigenvalue weighted by Gasteiger charge is -2.41. The van der Waals surface area contributed by atoms with Crippen molar-refractivity contribution in [1.82, 2.24) is 46.3 Å². The molecule has 1 aromatic heterocycles. The number of carboxylic acids is 1. The van der Waals surface area contributed by atoms with Crippen LogP contribution in [-0.2, 0) is 64.1 Å². The highest BCUT2D eigenvalue weighted by Crippen LogP contribution is 2.41. The summed E-state index contributed by atoms with van der Waals surface area (Å²) in [5.41, 5.74) is 11.0. The minimum Gasteiger partial charge on any atom is -0.481 e. The van der Waals surface area contributed by atoms with Gasteiger partial charge in [-0.1, -0.05) is 51.1 Å². The maximum Gasteiger partial charge on any atom is 0.303 e. The van der Waals surface area contributed by atoms with Crippen LogP contribution in [0.3, 0.4) is 0 Å². The lowest BCUT2D eigenvalue weighted by atomic mass is 9.82. The predicted molar refractivity (Wildman–Crippen MR) is 271 cm³/mol. The fourth-order valence-corrected chi connectivity index (χ4v) is 8.30. The molecule has 78 heavy (non-hydrogen) atoms. The Hall–Kier alpha value is -8.88. The fourth-order valence-electron chi connectivity index (χ4n) is 8.30. The zero-order chi connectivity index (χ0) is 58.7. The van der Waals surface area contributed by atoms with Crippen LogP contribution in [0.4, 0.5) is 8.78 Å². The number of carbonyl (C=O) groups is 12. The van der Waals surface area contributed by atoms with Crippen molar-refractivity contribution in [3.63, 3.8) is 0 Å². The van der Waals surface area contributed by atoms with Crippen LogP contribution in [0.1, 0.15) is 78.4 Å². The molecule has 0 aliphatic carbocycles. The number of aliphatic hydroxyl groups excluding tert-OH is 1. The van der Waals surface area contributed by atoms with E-state index in [9.17, 15) is 72.1 Å². The smallest absolute Gasteiger partial charge is 0.303 e. The molecule has 27 heteroatoms. The monoisotopic (exact) mass is 1090 g/mol. The summed E-state index contributed by atoms with van der Waals surface area (Å²) < 4.78 is 38.9. The lowest BCUT2D eigenvalue weighted by Crippen LogP contribution is -2.57. The number of aromatic nitrogens is 1. The Morgan fingerprint density at radius 3 is 1.94 bits per heavy atom. The van der Waals surface area contributed by atoms with Crippen LogP contribution in [0.2, 0.25) is 0 Å². The number of halogens is 2. The molecule has 0 unspecified atom stereocenters. The highest BCUT2D eigenvalue weighted by atomic mass is 19.1. The molecule has 11 amide bonds. The number of hydrogen-bond donors (Lipinski definition) is 10. The van der Waals surface area contributed by atoms with Gasteiger partial charge >= 0.3 is 5.97 Å². The summed E-state index contributed by atoms with van der Waals surface area (Å²) in [7, 11) is 0. The van der Waals surface area contributed by atoms with Gasteiger partial charge in [-0.15, -0.1) is 0 Å². The summed E-state index contributed by atoms with van der Waals surface area (Å²) in [6.45, 7) is 1.38. The molecule has 12 N–H and O–H groups in total. The molecule has 1 aliphatic heterocycles. The Labute approximate surface area is 447 Å². The number of nitrogens with two attached hydrogens (primary N) is 2. The van der Waals surface area contributed by atoms with E-state index in [1.165, 1.54) is 4.90 Å². The minimum absolute atomic E-state index is 0.108. The minimum atomic E-state index is -1.86. The topological polar surface area (TPSA) is 381 Å². The van der Waals surface area contributed by atoms with Gasteiger partial charge in [0.2, 0.25) is 53.2 Å². The Kier molecular flexibility index (Phi) is 21.8. The largest absolute Gasteiger partial charge is 0.481 e. The van der Waals surface area contributed by atoms with Gasteiger partial charge in [-0.3, -0.25) is 62.4 Å². The highest BCUT2D eigenvalue weighted by molar-refractivity contribution is 6.14. The number of imide groups is 1. The first-order valence-electron chi connectivity index (χ1n) is 24.9. The Morgan fingerprint density at radius 2 is 1.37 bits per heavy atom. The van der Waals surface area contributed by atoms with E-state index in [0.717, 1.165) is 35.9 Å². The summed E-state index contributed by atoms with van der Waals surface area (Å²) in [5.74, 6) is -13.9. The second kappa shape index (κ2) is 28.3. The van der Waals surface area contributed by atoms with Gasteiger partial charge in [-0.2, -0.15) is 0 Å². The van der Waals surface area contributed by atoms with E-state index >= 15 is 4.39 Å². The summed E-state index contributed by atoms with van der Waals surface area (Å²) in [4.78, 5) is 155. The lowest BCUT2D eigenvalue weighted by molar-refractivity contribution is -0.141. The van der Waals surface area contributed by atoms with Gasteiger partial charge in [0.1, 0.15) is 49.0 Å². The molecule has 0 spiro atoms. The molecule has 420 valence electrons. The quantitative estimate of drug-likeness (QED) is 0.0280. The molecule has 0 saturated carbocycles. The van der Waals surface area contributed by atoms with E-state index < -0.39 is 190 Å². The first-order chi connectivity index (χ1) is 37.2. The zero-order valence-corrected chi connectivity index (χ0v) is 42.8. The fraction of sp³-hybridized carbons (Fsp3) is 0.412. The van der Waals surface area contributed by atoms with Crippen LogP contribution in [-0.4, -0.2) is 152 Å². The van der Waals surface area contributed by atoms with Crippen LogP contribution in [0.25, 0.3) is 11.1 Å². The third-order valence-electron chi connectivity index (χ3n) is 11.9. The van der Waals surface area contributed by atoms with Crippen molar-refractivity contribution in [2.24, 2.45) is 16.9 Å². The number of rotatable bonds is 29. The van der Waals surface area contributed by atoms with Crippen molar-refractivity contribution < 1.29 is 77.9 Å². The molecule has 2 heterocycles. The van der Waals surface area contributed by atoms with E-state index in [4.69, 9.17) is 12.8 Å². The number of aliphatic carboxylic acids is 1. The molecular weight excluding hydrogens is 1030 g/mol. The normalized spacial score (nSPS) is 14.2. The van der Waals surface area contributed by atoms with Gasteiger partial charge in [-0.25, -0.2) is 8.78 Å². The number of carboxylic acid groups (broad SMARTS) is 1. The maximum absolute atomic E-state index is 15.4. The van der Waals surface area contributed by atoms with Crippen molar-refractivity contribution in [3.8, 4) is 11.1 Å². The number of aliphatic hydroxyl groups is 1. The first kappa shape index (κ1) is 60.0. The predicted octanol–water partition coefficient (Wildman–Crippen LogP) is -1.49. The standard InChI is InChI=1S/C51H63F2N11O14/c1-28(66)58-36(47(55)75)23-40(68)60-37(22-39(54)67)50(78)61-35(49(77)57-18-17-56-48(76)34(12-15-45(73)74)59-41(69)26-64-42(70)13-14-43(64)71)16-19-63(44(72)27-65)46(51(2,3)4)38-20-30(32-21-31(52)10-11-33(32)53)25-62(38)24-29-8-6-5-7-9-29/h5-11,13-14,20-21,25,34-37,46,65H,12,15-19,22-24,26-27H2,1-4H3,(H2,54,67)(H2,55,75)(H,56,76)(H,57,77)(H,58,66)(H,59,69)(H,60,68)(H,61,78)(H,73,74)/t34-,35+,36+,37+,46+/m1/s1/i1D. The maximum atomic E-state index is 15.4. The molecule has 3 aromatic rings. The third-order valence-corrected chi connectivity index (χ3v) is 11.9. The van der Waals surface area contributed by atoms with Crippen LogP contribution in [0, 0.1) is 17.0 Å². The molecule has 25 nitrogen and oxygen atoms in total. The number of carbonyl (C=O) groups excluding carboxylic acids is 11. The molecule has 4 rings (SSSR count). The highest BCUT2D eigenvalue weighted by Gasteiger charge is 2.39. The zero-order valence-electron chi connectivity index (χ0n) is 43.8. The van der Waals surface area contributed by atoms with Crippen molar-refractivity contribution in [2.75, 3.05) is 32.8 Å². The Bertz CT molecular complexity index is 2810. The molecule has 5 atom stereocenters. The van der Waals surface area contributed by atoms with Crippen molar-refractivity contribution in [2.45, 2.75) is 96.5 Å². The molecule has 0 radical (unpaired) electrons. The SMILES string of the molecule is [2H]CC(=O)N[C@@H](CC(=O)N[C@@H](CC(N)=O)C(=O)N[C@@H](CCN(C(=O)CO)[C@@H](c1cc(-c2cc(F)ccc2F)cn1Cc1ccccc1)C(C)(C)C)C(=O)NCCNC(=O)[C@@H](CCC(=O)O)NC(=O)CN1C(=O)C=CC1=O)C(N)=O. The molecule has 0 fully saturated rings. The number of hydrogen-bond acceptors (Lipinski definition) is 13. The second-order valence-corrected chi connectivity index (χ2v) is 19.0. The van der Waals surface area contributed by atoms with Gasteiger partial charge in [0, 0.05) is 76.0 Å². The molecular formula is C51H63F2N11O14. The van der Waals surface area contributed by atoms with Gasteiger partial charge in [0.25, 0.3) is 11.8 Å². The van der Waals surface area contributed by atoms with Crippen molar-refractivity contribution in [3.05, 3.63) is 95.8 Å². The van der Waals surface area contributed by atoms with Crippen molar-refractivity contribution >= 4 is 70.9 Å². The number of amides is 11. The second-order valence-electron chi connectivity index (χ2n) is 19.0. The van der Waals surface area contributed by atoms with E-state index in [1.54, 1.807) is 55.8 Å². The Balaban J connectivity index is 1.69. The average molecular weight is 1090 g/mol. The number of nitrogens with zero attached hydrogens (tertiary/aromatic N) is 3. The van der Waals surface area contributed by atoms with Crippen molar-refractivity contribution in [1.29, 1.82) is 0 Å². The van der Waals surface area contributed by atoms with Gasteiger partial charge in [0.15, 0.2) is 0 Å². The Morgan fingerprint density at radius 1 is 0.756 bits per heavy atom. The van der Waals surface area contributed by atoms with E-state index in [-0.39, 0.29) is 17.7 Å². The summed E-state index contributed by atoms with van der Waals surface area (Å²) in [6.07, 6.45) is 0.0941. The van der Waals surface area contributed by atoms with Gasteiger partial charge in [-0.05, 0) is 48.1 Å².